The molecule has 0 spiro atoms. The number of benzene rings is 1. The van der Waals surface area contributed by atoms with Gasteiger partial charge in [-0.1, -0.05) is 11.6 Å². The van der Waals surface area contributed by atoms with Crippen LogP contribution in [0.5, 0.6) is 0 Å². The van der Waals surface area contributed by atoms with Crippen LogP contribution in [0.1, 0.15) is 27.2 Å². The highest BCUT2D eigenvalue weighted by Gasteiger charge is 2.17. The fourth-order valence-corrected chi connectivity index (χ4v) is 2.85. The lowest BCUT2D eigenvalue weighted by Crippen LogP contribution is -2.11. The Morgan fingerprint density at radius 2 is 2.29 bits per heavy atom. The molecule has 7 heteroatoms. The van der Waals surface area contributed by atoms with Crippen molar-refractivity contribution in [1.82, 2.24) is 4.98 Å². The number of nitrogens with zero attached hydrogens (tertiary/aromatic N) is 1. The first kappa shape index (κ1) is 15.6. The van der Waals surface area contributed by atoms with Crippen LogP contribution < -0.4 is 11.1 Å². The number of nitrogen functional groups attached to an aromatic ring is 1. The highest BCUT2D eigenvalue weighted by molar-refractivity contribution is 7.11. The van der Waals surface area contributed by atoms with Crippen LogP contribution in [0.25, 0.3) is 0 Å². The van der Waals surface area contributed by atoms with Gasteiger partial charge in [0.25, 0.3) is 0 Å². The van der Waals surface area contributed by atoms with E-state index in [-0.39, 0.29) is 6.61 Å². The van der Waals surface area contributed by atoms with Crippen LogP contribution in [-0.4, -0.2) is 17.6 Å². The van der Waals surface area contributed by atoms with Crippen LogP contribution in [0.15, 0.2) is 18.3 Å². The summed E-state index contributed by atoms with van der Waals surface area (Å²) in [5, 5.41) is 4.43. The van der Waals surface area contributed by atoms with Crippen LogP contribution in [0.2, 0.25) is 5.02 Å². The number of nitrogens with two attached hydrogens (primary N) is 1. The number of hydrogen-bond acceptors (Lipinski definition) is 6. The summed E-state index contributed by atoms with van der Waals surface area (Å²) < 4.78 is 5.03. The number of thiazole rings is 1. The van der Waals surface area contributed by atoms with E-state index >= 15 is 0 Å². The molecule has 112 valence electrons. The van der Waals surface area contributed by atoms with Gasteiger partial charge in [0.2, 0.25) is 0 Å². The Bertz CT molecular complexity index is 658. The molecule has 0 bridgehead atoms. The van der Waals surface area contributed by atoms with E-state index in [0.717, 1.165) is 9.88 Å². The van der Waals surface area contributed by atoms with E-state index in [1.807, 2.05) is 6.92 Å². The third-order valence-corrected chi connectivity index (χ3v) is 3.90. The van der Waals surface area contributed by atoms with Crippen LogP contribution in [0.3, 0.4) is 0 Å². The molecule has 0 amide bonds. The van der Waals surface area contributed by atoms with E-state index in [9.17, 15) is 4.79 Å². The van der Waals surface area contributed by atoms with Crippen LogP contribution in [0, 0.1) is 6.92 Å². The van der Waals surface area contributed by atoms with Crippen molar-refractivity contribution in [3.63, 3.8) is 0 Å². The molecule has 0 radical (unpaired) electrons. The Labute approximate surface area is 132 Å². The largest absolute Gasteiger partial charge is 0.462 e. The smallest absolute Gasteiger partial charge is 0.340 e. The zero-order valence-corrected chi connectivity index (χ0v) is 13.3. The number of aromatic nitrogens is 1. The number of carbonyl (C=O) groups excluding carboxylic acids is 1. The van der Waals surface area contributed by atoms with Gasteiger partial charge in [0.15, 0.2) is 0 Å². The normalized spacial score (nSPS) is 10.4. The molecule has 0 saturated carbocycles. The maximum Gasteiger partial charge on any atom is 0.340 e. The zero-order valence-electron chi connectivity index (χ0n) is 11.8. The summed E-state index contributed by atoms with van der Waals surface area (Å²) in [6.45, 7) is 4.50. The quantitative estimate of drug-likeness (QED) is 0.650. The SMILES string of the molecule is CCOC(=O)c1cc(N)cc(Cl)c1NCc1ncc(C)s1. The molecule has 2 aromatic rings. The molecule has 0 aliphatic carbocycles. The van der Waals surface area contributed by atoms with Gasteiger partial charge < -0.3 is 15.8 Å². The number of halogens is 1. The highest BCUT2D eigenvalue weighted by atomic mass is 35.5. The molecular weight excluding hydrogens is 310 g/mol. The zero-order chi connectivity index (χ0) is 15.4. The van der Waals surface area contributed by atoms with Gasteiger partial charge in [0, 0.05) is 16.8 Å². The first-order valence-electron chi connectivity index (χ1n) is 6.42. The Kier molecular flexibility index (Phi) is 5.03. The van der Waals surface area contributed by atoms with Gasteiger partial charge in [-0.3, -0.25) is 0 Å². The number of aryl methyl sites for hydroxylation is 1. The lowest BCUT2D eigenvalue weighted by atomic mass is 10.1. The van der Waals surface area contributed by atoms with E-state index in [2.05, 4.69) is 10.3 Å². The molecule has 0 fully saturated rings. The molecule has 3 N–H and O–H groups in total. The Hall–Kier alpha value is -1.79. The first-order chi connectivity index (χ1) is 10.0. The van der Waals surface area contributed by atoms with Crippen LogP contribution in [0.4, 0.5) is 11.4 Å². The maximum absolute atomic E-state index is 12.0. The molecule has 5 nitrogen and oxygen atoms in total. The van der Waals surface area contributed by atoms with Gasteiger partial charge in [-0.25, -0.2) is 9.78 Å². The molecule has 1 aromatic heterocycles. The van der Waals surface area contributed by atoms with E-state index in [1.54, 1.807) is 36.6 Å². The van der Waals surface area contributed by atoms with E-state index in [0.29, 0.717) is 28.5 Å². The molecule has 2 rings (SSSR count). The molecule has 1 heterocycles. The summed E-state index contributed by atoms with van der Waals surface area (Å²) in [6, 6.07) is 3.15. The number of hydrogen-bond donors (Lipinski definition) is 2. The van der Waals surface area contributed by atoms with Crippen molar-refractivity contribution in [2.24, 2.45) is 0 Å². The number of esters is 1. The predicted molar refractivity (Wildman–Crippen MR) is 86.0 cm³/mol. The number of nitrogens with one attached hydrogen (secondary N) is 1. The van der Waals surface area contributed by atoms with Crippen molar-refractivity contribution < 1.29 is 9.53 Å². The Morgan fingerprint density at radius 3 is 2.90 bits per heavy atom. The molecule has 21 heavy (non-hydrogen) atoms. The van der Waals surface area contributed by atoms with E-state index < -0.39 is 5.97 Å². The first-order valence-corrected chi connectivity index (χ1v) is 7.62. The topological polar surface area (TPSA) is 77.2 Å². The van der Waals surface area contributed by atoms with Gasteiger partial charge in [-0.15, -0.1) is 11.3 Å². The second-order valence-corrected chi connectivity index (χ2v) is 6.09. The van der Waals surface area contributed by atoms with Gasteiger partial charge >= 0.3 is 5.97 Å². The summed E-state index contributed by atoms with van der Waals surface area (Å²) in [4.78, 5) is 17.4. The van der Waals surface area contributed by atoms with Crippen molar-refractivity contribution >= 4 is 40.3 Å². The summed E-state index contributed by atoms with van der Waals surface area (Å²) in [6.07, 6.45) is 1.80. The van der Waals surface area contributed by atoms with Crippen molar-refractivity contribution in [1.29, 1.82) is 0 Å². The third kappa shape index (κ3) is 3.86. The fourth-order valence-electron chi connectivity index (χ4n) is 1.82. The monoisotopic (exact) mass is 325 g/mol. The van der Waals surface area contributed by atoms with Gasteiger partial charge in [-0.05, 0) is 26.0 Å². The predicted octanol–water partition coefficient (Wildman–Crippen LogP) is 3.48. The number of anilines is 2. The van der Waals surface area contributed by atoms with Crippen LogP contribution in [-0.2, 0) is 11.3 Å². The number of rotatable bonds is 5. The summed E-state index contributed by atoms with van der Waals surface area (Å²) in [5.74, 6) is -0.454. The molecular formula is C14H16ClN3O2S. The molecule has 0 unspecified atom stereocenters. The van der Waals surface area contributed by atoms with Crippen molar-refractivity contribution in [3.8, 4) is 0 Å². The minimum Gasteiger partial charge on any atom is -0.462 e. The van der Waals surface area contributed by atoms with Gasteiger partial charge in [0.05, 0.1) is 29.4 Å². The lowest BCUT2D eigenvalue weighted by Gasteiger charge is -2.13. The Morgan fingerprint density at radius 1 is 1.52 bits per heavy atom. The minimum atomic E-state index is -0.454. The van der Waals surface area contributed by atoms with Gasteiger partial charge in [-0.2, -0.15) is 0 Å². The van der Waals surface area contributed by atoms with E-state index in [4.69, 9.17) is 22.1 Å². The van der Waals surface area contributed by atoms with Crippen molar-refractivity contribution in [2.75, 3.05) is 17.7 Å². The lowest BCUT2D eigenvalue weighted by molar-refractivity contribution is 0.0527. The molecule has 1 aromatic carbocycles. The minimum absolute atomic E-state index is 0.288. The van der Waals surface area contributed by atoms with Crippen molar-refractivity contribution in [2.45, 2.75) is 20.4 Å². The van der Waals surface area contributed by atoms with E-state index in [1.165, 1.54) is 0 Å². The second-order valence-electron chi connectivity index (χ2n) is 4.36. The summed E-state index contributed by atoms with van der Waals surface area (Å²) in [5.41, 5.74) is 7.00. The summed E-state index contributed by atoms with van der Waals surface area (Å²) in [7, 11) is 0. The summed E-state index contributed by atoms with van der Waals surface area (Å²) >= 11 is 7.77. The molecule has 0 aliphatic rings. The molecule has 0 atom stereocenters. The van der Waals surface area contributed by atoms with Crippen LogP contribution >= 0.6 is 22.9 Å². The highest BCUT2D eigenvalue weighted by Crippen LogP contribution is 2.30. The molecule has 0 saturated heterocycles. The fraction of sp³-hybridized carbons (Fsp3) is 0.286. The molecule has 0 aliphatic heterocycles. The second kappa shape index (κ2) is 6.78. The average molecular weight is 326 g/mol. The number of carbonyl (C=O) groups is 1. The maximum atomic E-state index is 12.0. The standard InChI is InChI=1S/C14H16ClN3O2S/c1-3-20-14(19)10-4-9(16)5-11(15)13(10)18-7-12-17-6-8(2)21-12/h4-6,18H,3,7,16H2,1-2H3. The van der Waals surface area contributed by atoms with Gasteiger partial charge in [0.1, 0.15) is 5.01 Å². The average Bonchev–Trinajstić information content (AvgIpc) is 2.83. The number of ether oxygens (including phenoxy) is 1. The Balaban J connectivity index is 2.26. The van der Waals surface area contributed by atoms with Crippen molar-refractivity contribution in [3.05, 3.63) is 38.8 Å². The third-order valence-electron chi connectivity index (χ3n) is 2.69.